The number of rotatable bonds is 8. The zero-order valence-corrected chi connectivity index (χ0v) is 22.0. The molecule has 0 radical (unpaired) electrons. The largest absolute Gasteiger partial charge is 0.497 e. The molecule has 2 aromatic rings. The van der Waals surface area contributed by atoms with Gasteiger partial charge in [0.25, 0.3) is 0 Å². The van der Waals surface area contributed by atoms with Gasteiger partial charge in [-0.05, 0) is 55.4 Å². The Labute approximate surface area is 215 Å². The number of ether oxygens (including phenoxy) is 3. The van der Waals surface area contributed by atoms with E-state index in [1.807, 2.05) is 43.5 Å². The van der Waals surface area contributed by atoms with E-state index in [2.05, 4.69) is 30.6 Å². The van der Waals surface area contributed by atoms with Crippen molar-refractivity contribution in [1.82, 2.24) is 5.32 Å². The van der Waals surface area contributed by atoms with Crippen LogP contribution >= 0.6 is 0 Å². The van der Waals surface area contributed by atoms with E-state index in [9.17, 15) is 4.79 Å². The molecule has 2 saturated carbocycles. The van der Waals surface area contributed by atoms with Gasteiger partial charge in [-0.1, -0.05) is 42.5 Å². The van der Waals surface area contributed by atoms with Crippen LogP contribution in [0.15, 0.2) is 54.6 Å². The predicted molar refractivity (Wildman–Crippen MR) is 140 cm³/mol. The second kappa shape index (κ2) is 10.1. The third-order valence-electron chi connectivity index (χ3n) is 9.02. The first kappa shape index (κ1) is 25.1. The maximum atomic E-state index is 12.8. The van der Waals surface area contributed by atoms with E-state index in [0.717, 1.165) is 60.5 Å². The number of alkyl carbamates (subject to hydrolysis) is 1. The molecule has 36 heavy (non-hydrogen) atoms. The van der Waals surface area contributed by atoms with Crippen LogP contribution < -0.4 is 10.1 Å². The second-order valence-corrected chi connectivity index (χ2v) is 11.5. The van der Waals surface area contributed by atoms with Gasteiger partial charge in [-0.25, -0.2) is 4.79 Å². The van der Waals surface area contributed by atoms with Crippen molar-refractivity contribution < 1.29 is 23.5 Å². The number of nitrogens with zero attached hydrogens (tertiary/aromatic N) is 1. The Hall–Kier alpha value is -2.57. The van der Waals surface area contributed by atoms with Gasteiger partial charge in [0.1, 0.15) is 24.5 Å². The number of fused-ring (bicyclic) bond motifs is 1. The Morgan fingerprint density at radius 1 is 1.06 bits per heavy atom. The molecule has 3 fully saturated rings. The maximum Gasteiger partial charge on any atom is 0.407 e. The Balaban J connectivity index is 1.39. The minimum absolute atomic E-state index is 0.0306. The van der Waals surface area contributed by atoms with Crippen LogP contribution in [0, 0.1) is 5.92 Å². The topological polar surface area (TPSA) is 56.8 Å². The molecule has 2 aromatic carbocycles. The Morgan fingerprint density at radius 2 is 1.86 bits per heavy atom. The van der Waals surface area contributed by atoms with Crippen LogP contribution in [0.4, 0.5) is 4.79 Å². The van der Waals surface area contributed by atoms with Crippen molar-refractivity contribution in [1.29, 1.82) is 0 Å². The number of piperidine rings is 1. The summed E-state index contributed by atoms with van der Waals surface area (Å²) < 4.78 is 18.8. The van der Waals surface area contributed by atoms with E-state index >= 15 is 0 Å². The third kappa shape index (κ3) is 4.98. The van der Waals surface area contributed by atoms with Gasteiger partial charge in [0, 0.05) is 30.9 Å². The average molecular weight is 494 g/mol. The van der Waals surface area contributed by atoms with Crippen molar-refractivity contribution in [3.63, 3.8) is 0 Å². The highest BCUT2D eigenvalue weighted by Crippen LogP contribution is 2.55. The summed E-state index contributed by atoms with van der Waals surface area (Å²) >= 11 is 0. The van der Waals surface area contributed by atoms with E-state index < -0.39 is 0 Å². The van der Waals surface area contributed by atoms with Crippen LogP contribution in [0.5, 0.6) is 5.75 Å². The van der Waals surface area contributed by atoms with Crippen LogP contribution in [-0.4, -0.2) is 63.1 Å². The van der Waals surface area contributed by atoms with Crippen molar-refractivity contribution in [2.45, 2.75) is 62.2 Å². The standard InChI is InChI=1S/C30H40N2O4/c1-32(20-23-12-13-23)17-16-29(25-10-7-11-27(18-25)34-2)19-26(14-15-30(29,22-32)35-3)31-28(33)36-21-24-8-5-4-6-9-24/h4-11,18,23,26H,12-17,19-22H2,1-3H3/p+1/t26-,29-,30?,32+/m0/s1. The fraction of sp³-hybridized carbons (Fsp3) is 0.567. The Morgan fingerprint density at radius 3 is 2.58 bits per heavy atom. The Kier molecular flexibility index (Phi) is 7.01. The highest BCUT2D eigenvalue weighted by atomic mass is 16.5. The molecule has 6 heteroatoms. The van der Waals surface area contributed by atoms with Crippen molar-refractivity contribution in [3.8, 4) is 5.75 Å². The van der Waals surface area contributed by atoms with Crippen LogP contribution in [0.25, 0.3) is 0 Å². The lowest BCUT2D eigenvalue weighted by atomic mass is 9.54. The summed E-state index contributed by atoms with van der Waals surface area (Å²) in [5, 5.41) is 3.20. The molecule has 0 spiro atoms. The highest BCUT2D eigenvalue weighted by molar-refractivity contribution is 5.67. The van der Waals surface area contributed by atoms with Gasteiger partial charge in [0.15, 0.2) is 0 Å². The fourth-order valence-corrected chi connectivity index (χ4v) is 7.01. The number of quaternary nitrogens is 1. The molecule has 5 rings (SSSR count). The van der Waals surface area contributed by atoms with Gasteiger partial charge in [0.2, 0.25) is 0 Å². The summed E-state index contributed by atoms with van der Waals surface area (Å²) in [5.74, 6) is 1.73. The Bertz CT molecular complexity index is 1060. The quantitative estimate of drug-likeness (QED) is 0.523. The molecule has 6 nitrogen and oxygen atoms in total. The van der Waals surface area contributed by atoms with Gasteiger partial charge in [-0.3, -0.25) is 0 Å². The molecule has 1 aliphatic heterocycles. The summed E-state index contributed by atoms with van der Waals surface area (Å²) in [6.07, 6.45) is 6.02. The molecule has 1 heterocycles. The zero-order chi connectivity index (χ0) is 25.2. The van der Waals surface area contributed by atoms with Gasteiger partial charge < -0.3 is 24.0 Å². The van der Waals surface area contributed by atoms with Gasteiger partial charge in [-0.2, -0.15) is 0 Å². The number of likely N-dealkylation sites (N-methyl/N-ethyl adjacent to an activating group) is 1. The average Bonchev–Trinajstić information content (AvgIpc) is 3.71. The smallest absolute Gasteiger partial charge is 0.407 e. The molecule has 194 valence electrons. The number of likely N-dealkylation sites (tertiary alicyclic amines) is 1. The number of benzene rings is 2. The first-order valence-electron chi connectivity index (χ1n) is 13.4. The van der Waals surface area contributed by atoms with Crippen molar-refractivity contribution in [3.05, 3.63) is 65.7 Å². The van der Waals surface area contributed by atoms with E-state index in [1.54, 1.807) is 7.11 Å². The van der Waals surface area contributed by atoms with Gasteiger partial charge >= 0.3 is 6.09 Å². The van der Waals surface area contributed by atoms with Crippen LogP contribution in [0.1, 0.15) is 49.7 Å². The third-order valence-corrected chi connectivity index (χ3v) is 9.02. The molecule has 1 amide bonds. The normalized spacial score (nSPS) is 31.8. The number of methoxy groups -OCH3 is 2. The van der Waals surface area contributed by atoms with E-state index in [4.69, 9.17) is 14.2 Å². The first-order chi connectivity index (χ1) is 17.4. The van der Waals surface area contributed by atoms with Crippen molar-refractivity contribution in [2.24, 2.45) is 5.92 Å². The van der Waals surface area contributed by atoms with Gasteiger partial charge in [0.05, 0.1) is 27.2 Å². The highest BCUT2D eigenvalue weighted by Gasteiger charge is 2.63. The molecule has 1 N–H and O–H groups in total. The molecule has 4 atom stereocenters. The van der Waals surface area contributed by atoms with Crippen LogP contribution in [0.3, 0.4) is 0 Å². The number of hydrogen-bond acceptors (Lipinski definition) is 4. The molecule has 0 bridgehead atoms. The van der Waals surface area contributed by atoms with E-state index in [0.29, 0.717) is 0 Å². The second-order valence-electron chi connectivity index (χ2n) is 11.5. The van der Waals surface area contributed by atoms with Crippen molar-refractivity contribution >= 4 is 6.09 Å². The summed E-state index contributed by atoms with van der Waals surface area (Å²) in [6.45, 7) is 3.64. The van der Waals surface area contributed by atoms with Crippen molar-refractivity contribution in [2.75, 3.05) is 40.9 Å². The molecule has 0 aromatic heterocycles. The summed E-state index contributed by atoms with van der Waals surface area (Å²) in [6, 6.07) is 18.3. The fourth-order valence-electron chi connectivity index (χ4n) is 7.01. The minimum Gasteiger partial charge on any atom is -0.497 e. The SMILES string of the molecule is COc1cccc([C@@]23CC[N@+](C)(CC4CC4)CC2(OC)CC[C@H](NC(=O)OCc2ccccc2)C3)c1. The first-order valence-corrected chi connectivity index (χ1v) is 13.4. The minimum atomic E-state index is -0.347. The number of carbonyl (C=O) groups excluding carboxylic acids is 1. The summed E-state index contributed by atoms with van der Waals surface area (Å²) in [5.41, 5.74) is 1.76. The van der Waals surface area contributed by atoms with Gasteiger partial charge in [-0.15, -0.1) is 0 Å². The number of nitrogens with one attached hydrogen (secondary N) is 1. The number of amides is 1. The molecule has 1 saturated heterocycles. The lowest BCUT2D eigenvalue weighted by Crippen LogP contribution is -2.72. The lowest BCUT2D eigenvalue weighted by molar-refractivity contribution is -0.925. The van der Waals surface area contributed by atoms with E-state index in [1.165, 1.54) is 24.9 Å². The zero-order valence-electron chi connectivity index (χ0n) is 22.0. The molecule has 1 unspecified atom stereocenters. The lowest BCUT2D eigenvalue weighted by Gasteiger charge is -2.61. The molecular weight excluding hydrogens is 452 g/mol. The summed E-state index contributed by atoms with van der Waals surface area (Å²) in [7, 11) is 6.03. The van der Waals surface area contributed by atoms with Crippen LogP contribution in [-0.2, 0) is 21.5 Å². The molecular formula is C30H41N2O4+. The molecule has 2 aliphatic carbocycles. The summed E-state index contributed by atoms with van der Waals surface area (Å²) in [4.78, 5) is 12.8. The maximum absolute atomic E-state index is 12.8. The monoisotopic (exact) mass is 493 g/mol. The predicted octanol–water partition coefficient (Wildman–Crippen LogP) is 5.06. The number of hydrogen-bond donors (Lipinski definition) is 1. The van der Waals surface area contributed by atoms with E-state index in [-0.39, 0.29) is 29.8 Å². The molecule has 3 aliphatic rings. The number of carbonyl (C=O) groups is 1. The van der Waals surface area contributed by atoms with Crippen LogP contribution in [0.2, 0.25) is 0 Å².